The van der Waals surface area contributed by atoms with Gasteiger partial charge in [0.1, 0.15) is 0 Å². The third kappa shape index (κ3) is 45.8. The van der Waals surface area contributed by atoms with Gasteiger partial charge in [0.05, 0.1) is 24.6 Å². The molecule has 0 bridgehead atoms. The van der Waals surface area contributed by atoms with Gasteiger partial charge in [-0.3, -0.25) is 0 Å². The van der Waals surface area contributed by atoms with E-state index in [1.807, 2.05) is 0 Å². The molecule has 0 rings (SSSR count). The van der Waals surface area contributed by atoms with Gasteiger partial charge >= 0.3 is 0 Å². The SMILES string of the molecule is CCCCCCCCCCCCCCCCC[P+](CCCCCCCCCCCCC)(CCCCCCCCCCCCC)CCCCCCCCCCCCC. The molecule has 1 heteroatoms. The largest absolute Gasteiger partial charge is 0.0654 e. The fourth-order valence-corrected chi connectivity index (χ4v) is 14.7. The predicted octanol–water partition coefficient (Wildman–Crippen LogP) is 21.8. The number of hydrogen-bond donors (Lipinski definition) is 0. The van der Waals surface area contributed by atoms with Gasteiger partial charge in [0, 0.05) is 7.26 Å². The van der Waals surface area contributed by atoms with Crippen LogP contribution in [-0.2, 0) is 0 Å². The van der Waals surface area contributed by atoms with Crippen molar-refractivity contribution < 1.29 is 0 Å². The van der Waals surface area contributed by atoms with Gasteiger partial charge in [-0.05, 0) is 51.4 Å². The van der Waals surface area contributed by atoms with Crippen LogP contribution < -0.4 is 0 Å². The van der Waals surface area contributed by atoms with Crippen molar-refractivity contribution in [1.82, 2.24) is 0 Å². The minimum atomic E-state index is -0.814. The van der Waals surface area contributed by atoms with E-state index in [2.05, 4.69) is 27.7 Å². The standard InChI is InChI=1S/C56H116P/c1-5-9-13-17-21-25-29-30-31-32-36-40-44-48-52-56-57(53-49-45-41-37-33-26-22-18-14-10-6-2,54-50-46-42-38-34-27-23-19-15-11-7-3)55-51-47-43-39-35-28-24-20-16-12-8-4/h5-56H2,1-4H3/q+1. The lowest BCUT2D eigenvalue weighted by Gasteiger charge is -2.28. The van der Waals surface area contributed by atoms with Crippen LogP contribution in [0.2, 0.25) is 0 Å². The topological polar surface area (TPSA) is 0 Å². The van der Waals surface area contributed by atoms with Crippen molar-refractivity contribution >= 4 is 7.26 Å². The molecule has 0 saturated carbocycles. The van der Waals surface area contributed by atoms with E-state index in [1.54, 1.807) is 50.3 Å². The molecule has 0 unspecified atom stereocenters. The third-order valence-electron chi connectivity index (χ3n) is 13.9. The van der Waals surface area contributed by atoms with Gasteiger partial charge in [-0.2, -0.15) is 0 Å². The summed E-state index contributed by atoms with van der Waals surface area (Å²) in [7, 11) is -0.814. The summed E-state index contributed by atoms with van der Waals surface area (Å²) in [5, 5.41) is 0. The lowest BCUT2D eigenvalue weighted by Crippen LogP contribution is -2.13. The van der Waals surface area contributed by atoms with Crippen LogP contribution in [-0.4, -0.2) is 24.6 Å². The van der Waals surface area contributed by atoms with E-state index in [-0.39, 0.29) is 0 Å². The van der Waals surface area contributed by atoms with Crippen molar-refractivity contribution in [2.24, 2.45) is 0 Å². The minimum absolute atomic E-state index is 0.814. The van der Waals surface area contributed by atoms with Crippen LogP contribution in [0.1, 0.15) is 336 Å². The smallest absolute Gasteiger partial charge is 0.0594 e. The Balaban J connectivity index is 4.86. The molecule has 0 radical (unpaired) electrons. The first-order valence-corrected chi connectivity index (χ1v) is 30.6. The van der Waals surface area contributed by atoms with Crippen molar-refractivity contribution in [1.29, 1.82) is 0 Å². The molecule has 0 aliphatic rings. The maximum Gasteiger partial charge on any atom is 0.0594 e. The Morgan fingerprint density at radius 3 is 0.368 bits per heavy atom. The highest BCUT2D eigenvalue weighted by atomic mass is 31.2. The number of rotatable bonds is 52. The van der Waals surface area contributed by atoms with Gasteiger partial charge in [0.2, 0.25) is 0 Å². The minimum Gasteiger partial charge on any atom is -0.0654 e. The Morgan fingerprint density at radius 1 is 0.140 bits per heavy atom. The molecule has 0 saturated heterocycles. The van der Waals surface area contributed by atoms with Crippen molar-refractivity contribution in [3.05, 3.63) is 0 Å². The molecule has 0 spiro atoms. The molecule has 0 aromatic heterocycles. The number of unbranched alkanes of at least 4 members (excludes halogenated alkanes) is 44. The highest BCUT2D eigenvalue weighted by Gasteiger charge is 2.35. The average molecular weight is 821 g/mol. The lowest BCUT2D eigenvalue weighted by atomic mass is 10.0. The van der Waals surface area contributed by atoms with E-state index in [4.69, 9.17) is 0 Å². The van der Waals surface area contributed by atoms with Crippen LogP contribution in [0, 0.1) is 0 Å². The summed E-state index contributed by atoms with van der Waals surface area (Å²) >= 11 is 0. The van der Waals surface area contributed by atoms with E-state index in [0.29, 0.717) is 0 Å². The molecule has 0 heterocycles. The first-order valence-electron chi connectivity index (χ1n) is 28.1. The molecule has 57 heavy (non-hydrogen) atoms. The van der Waals surface area contributed by atoms with Crippen molar-refractivity contribution in [3.63, 3.8) is 0 Å². The molecule has 344 valence electrons. The zero-order valence-corrected chi connectivity index (χ0v) is 42.1. The molecule has 0 amide bonds. The lowest BCUT2D eigenvalue weighted by molar-refractivity contribution is 0.534. The molecular formula is C56H116P+. The van der Waals surface area contributed by atoms with Crippen LogP contribution in [0.25, 0.3) is 0 Å². The van der Waals surface area contributed by atoms with E-state index in [9.17, 15) is 0 Å². The summed E-state index contributed by atoms with van der Waals surface area (Å²) in [4.78, 5) is 0. The average Bonchev–Trinajstić information content (AvgIpc) is 3.22. The zero-order chi connectivity index (χ0) is 41.3. The Hall–Kier alpha value is 0.430. The third-order valence-corrected chi connectivity index (χ3v) is 19.0. The maximum absolute atomic E-state index is 2.34. The van der Waals surface area contributed by atoms with Crippen LogP contribution >= 0.6 is 7.26 Å². The molecule has 0 N–H and O–H groups in total. The summed E-state index contributed by atoms with van der Waals surface area (Å²) < 4.78 is 0. The molecule has 0 atom stereocenters. The molecule has 0 aromatic carbocycles. The van der Waals surface area contributed by atoms with Crippen molar-refractivity contribution in [2.45, 2.75) is 336 Å². The highest BCUT2D eigenvalue weighted by molar-refractivity contribution is 7.75. The van der Waals surface area contributed by atoms with Gasteiger partial charge in [0.15, 0.2) is 0 Å². The molecule has 0 aromatic rings. The van der Waals surface area contributed by atoms with Gasteiger partial charge < -0.3 is 0 Å². The predicted molar refractivity (Wildman–Crippen MR) is 271 cm³/mol. The summed E-state index contributed by atoms with van der Waals surface area (Å²) in [6, 6.07) is 0. The van der Waals surface area contributed by atoms with E-state index < -0.39 is 7.26 Å². The monoisotopic (exact) mass is 820 g/mol. The van der Waals surface area contributed by atoms with Crippen LogP contribution in [0.5, 0.6) is 0 Å². The van der Waals surface area contributed by atoms with Crippen LogP contribution in [0.3, 0.4) is 0 Å². The van der Waals surface area contributed by atoms with E-state index in [0.717, 1.165) is 0 Å². The molecular weight excluding hydrogens is 704 g/mol. The summed E-state index contributed by atoms with van der Waals surface area (Å²) in [6.45, 7) is 9.35. The van der Waals surface area contributed by atoms with Crippen molar-refractivity contribution in [3.8, 4) is 0 Å². The van der Waals surface area contributed by atoms with E-state index in [1.165, 1.54) is 283 Å². The maximum atomic E-state index is 2.34. The Morgan fingerprint density at radius 2 is 0.246 bits per heavy atom. The zero-order valence-electron chi connectivity index (χ0n) is 41.2. The first kappa shape index (κ1) is 57.4. The molecule has 0 nitrogen and oxygen atoms in total. The molecule has 0 aliphatic heterocycles. The molecule has 0 fully saturated rings. The van der Waals surface area contributed by atoms with Gasteiger partial charge in [-0.15, -0.1) is 0 Å². The van der Waals surface area contributed by atoms with Crippen LogP contribution in [0.15, 0.2) is 0 Å². The van der Waals surface area contributed by atoms with Gasteiger partial charge in [-0.1, -0.05) is 285 Å². The fraction of sp³-hybridized carbons (Fsp3) is 1.00. The second-order valence-corrected chi connectivity index (χ2v) is 24.3. The highest BCUT2D eigenvalue weighted by Crippen LogP contribution is 2.61. The van der Waals surface area contributed by atoms with Gasteiger partial charge in [0.25, 0.3) is 0 Å². The summed E-state index contributed by atoms with van der Waals surface area (Å²) in [5.41, 5.74) is 0. The molecule has 0 aliphatic carbocycles. The quantitative estimate of drug-likeness (QED) is 0.0424. The second-order valence-electron chi connectivity index (χ2n) is 19.8. The first-order chi connectivity index (χ1) is 28.2. The van der Waals surface area contributed by atoms with E-state index >= 15 is 0 Å². The summed E-state index contributed by atoms with van der Waals surface area (Å²) in [6.07, 6.45) is 78.3. The Bertz CT molecular complexity index is 620. The summed E-state index contributed by atoms with van der Waals surface area (Å²) in [5.74, 6) is 0. The van der Waals surface area contributed by atoms with Gasteiger partial charge in [-0.25, -0.2) is 0 Å². The second kappa shape index (κ2) is 50.8. The number of hydrogen-bond acceptors (Lipinski definition) is 0. The van der Waals surface area contributed by atoms with Crippen LogP contribution in [0.4, 0.5) is 0 Å². The Kier molecular flexibility index (Phi) is 51.2. The Labute approximate surface area is 366 Å². The normalized spacial score (nSPS) is 12.0. The van der Waals surface area contributed by atoms with Crippen molar-refractivity contribution in [2.75, 3.05) is 24.6 Å². The fourth-order valence-electron chi connectivity index (χ4n) is 9.82.